The van der Waals surface area contributed by atoms with Gasteiger partial charge in [0.2, 0.25) is 0 Å². The second-order valence-electron chi connectivity index (χ2n) is 6.43. The van der Waals surface area contributed by atoms with E-state index < -0.39 is 10.0 Å². The number of halogens is 2. The van der Waals surface area contributed by atoms with E-state index in [9.17, 15) is 13.2 Å². The maximum Gasteiger partial charge on any atom is 0.273 e. The molecule has 2 aromatic heterocycles. The second kappa shape index (κ2) is 8.72. The number of anilines is 2. The first-order valence-electron chi connectivity index (χ1n) is 8.85. The average Bonchev–Trinajstić information content (AvgIpc) is 3.42. The Balaban J connectivity index is 1.40. The molecule has 0 radical (unpaired) electrons. The van der Waals surface area contributed by atoms with Crippen LogP contribution in [0.25, 0.3) is 0 Å². The molecular formula is C18H16Cl2N4O3S3. The summed E-state index contributed by atoms with van der Waals surface area (Å²) in [5.74, 6) is -0.232. The predicted molar refractivity (Wildman–Crippen MR) is 122 cm³/mol. The van der Waals surface area contributed by atoms with E-state index in [1.54, 1.807) is 27.8 Å². The lowest BCUT2D eigenvalue weighted by molar-refractivity contribution is 0.0742. The van der Waals surface area contributed by atoms with Crippen LogP contribution < -0.4 is 9.62 Å². The number of sulfonamides is 1. The Kier molecular flexibility index (Phi) is 6.21. The van der Waals surface area contributed by atoms with Crippen LogP contribution in [-0.4, -0.2) is 50.4 Å². The fraction of sp³-hybridized carbons (Fsp3) is 0.222. The van der Waals surface area contributed by atoms with Crippen molar-refractivity contribution in [2.45, 2.75) is 4.21 Å². The van der Waals surface area contributed by atoms with E-state index in [1.165, 1.54) is 6.07 Å². The molecule has 1 amide bonds. The van der Waals surface area contributed by atoms with Crippen LogP contribution in [0.15, 0.2) is 45.3 Å². The molecule has 0 atom stereocenters. The van der Waals surface area contributed by atoms with Gasteiger partial charge < -0.3 is 9.80 Å². The van der Waals surface area contributed by atoms with E-state index >= 15 is 0 Å². The van der Waals surface area contributed by atoms with E-state index in [4.69, 9.17) is 23.2 Å². The molecule has 12 heteroatoms. The first-order chi connectivity index (χ1) is 14.3. The third kappa shape index (κ3) is 4.42. The molecular weight excluding hydrogens is 487 g/mol. The molecule has 1 aromatic carbocycles. The largest absolute Gasteiger partial charge is 0.367 e. The van der Waals surface area contributed by atoms with Crippen molar-refractivity contribution in [3.63, 3.8) is 0 Å². The van der Waals surface area contributed by atoms with Crippen molar-refractivity contribution in [2.24, 2.45) is 0 Å². The van der Waals surface area contributed by atoms with E-state index in [1.807, 2.05) is 12.1 Å². The van der Waals surface area contributed by atoms with Crippen LogP contribution in [0.2, 0.25) is 10.0 Å². The normalized spacial score (nSPS) is 14.7. The first kappa shape index (κ1) is 21.4. The molecule has 7 nitrogen and oxygen atoms in total. The summed E-state index contributed by atoms with van der Waals surface area (Å²) in [5, 5.41) is 4.40. The Morgan fingerprint density at radius 2 is 1.83 bits per heavy atom. The molecule has 1 fully saturated rings. The van der Waals surface area contributed by atoms with Crippen molar-refractivity contribution in [3.05, 3.63) is 56.8 Å². The number of nitrogens with zero attached hydrogens (tertiary/aromatic N) is 3. The highest BCUT2D eigenvalue weighted by Crippen LogP contribution is 2.33. The Bertz CT molecular complexity index is 1160. The number of aromatic nitrogens is 1. The lowest BCUT2D eigenvalue weighted by Gasteiger charge is -2.36. The smallest absolute Gasteiger partial charge is 0.273 e. The Hall–Kier alpha value is -1.85. The molecule has 0 unspecified atom stereocenters. The molecule has 3 aromatic rings. The zero-order valence-electron chi connectivity index (χ0n) is 15.4. The zero-order chi connectivity index (χ0) is 21.3. The molecule has 3 heterocycles. The van der Waals surface area contributed by atoms with E-state index in [2.05, 4.69) is 14.6 Å². The number of thiazole rings is 1. The van der Waals surface area contributed by atoms with Gasteiger partial charge in [0.25, 0.3) is 15.9 Å². The van der Waals surface area contributed by atoms with Crippen molar-refractivity contribution in [1.82, 2.24) is 9.88 Å². The van der Waals surface area contributed by atoms with Gasteiger partial charge in [0.15, 0.2) is 5.13 Å². The minimum absolute atomic E-state index is 0.163. The highest BCUT2D eigenvalue weighted by atomic mass is 35.5. The summed E-state index contributed by atoms with van der Waals surface area (Å²) < 4.78 is 27.2. The number of hydrogen-bond acceptors (Lipinski definition) is 7. The molecule has 158 valence electrons. The SMILES string of the molecule is O=C(c1csc(NS(=O)(=O)c2cccs2)n1)N1CCN(c2cccc(Cl)c2Cl)CC1. The van der Waals surface area contributed by atoms with Gasteiger partial charge in [-0.1, -0.05) is 35.3 Å². The van der Waals surface area contributed by atoms with Gasteiger partial charge in [-0.15, -0.1) is 22.7 Å². The number of carbonyl (C=O) groups excluding carboxylic acids is 1. The standard InChI is InChI=1S/C18H16Cl2N4O3S3/c19-12-3-1-4-14(16(12)20)23-6-8-24(9-7-23)17(25)13-11-29-18(21-13)22-30(26,27)15-5-2-10-28-15/h1-5,10-11H,6-9H2,(H,21,22). The van der Waals surface area contributed by atoms with Gasteiger partial charge in [0.05, 0.1) is 15.7 Å². The monoisotopic (exact) mass is 502 g/mol. The summed E-state index contributed by atoms with van der Waals surface area (Å²) in [6, 6.07) is 8.65. The zero-order valence-corrected chi connectivity index (χ0v) is 19.4. The van der Waals surface area contributed by atoms with Gasteiger partial charge in [0.1, 0.15) is 9.90 Å². The number of rotatable bonds is 5. The van der Waals surface area contributed by atoms with Crippen LogP contribution in [-0.2, 0) is 10.0 Å². The summed E-state index contributed by atoms with van der Waals surface area (Å²) >= 11 is 14.6. The Morgan fingerprint density at radius 3 is 2.53 bits per heavy atom. The summed E-state index contributed by atoms with van der Waals surface area (Å²) in [5.41, 5.74) is 1.06. The number of piperazine rings is 1. The van der Waals surface area contributed by atoms with Gasteiger partial charge in [-0.25, -0.2) is 13.4 Å². The molecule has 1 saturated heterocycles. The van der Waals surface area contributed by atoms with Crippen LogP contribution in [0.4, 0.5) is 10.8 Å². The molecule has 30 heavy (non-hydrogen) atoms. The predicted octanol–water partition coefficient (Wildman–Crippen LogP) is 4.27. The van der Waals surface area contributed by atoms with Gasteiger partial charge in [-0.3, -0.25) is 9.52 Å². The van der Waals surface area contributed by atoms with Crippen LogP contribution in [0.1, 0.15) is 10.5 Å². The quantitative estimate of drug-likeness (QED) is 0.562. The van der Waals surface area contributed by atoms with Crippen molar-refractivity contribution >= 4 is 72.6 Å². The number of amides is 1. The summed E-state index contributed by atoms with van der Waals surface area (Å²) in [6.45, 7) is 2.20. The molecule has 1 N–H and O–H groups in total. The van der Waals surface area contributed by atoms with Crippen LogP contribution in [0.3, 0.4) is 0 Å². The maximum atomic E-state index is 12.8. The van der Waals surface area contributed by atoms with Crippen LogP contribution >= 0.6 is 45.9 Å². The fourth-order valence-corrected chi connectivity index (χ4v) is 6.39. The molecule has 4 rings (SSSR count). The van der Waals surface area contributed by atoms with Gasteiger partial charge in [-0.2, -0.15) is 0 Å². The molecule has 1 aliphatic rings. The minimum atomic E-state index is -3.69. The van der Waals surface area contributed by atoms with E-state index in [-0.39, 0.29) is 20.9 Å². The van der Waals surface area contributed by atoms with E-state index in [0.29, 0.717) is 36.2 Å². The lowest BCUT2D eigenvalue weighted by atomic mass is 10.2. The van der Waals surface area contributed by atoms with Crippen LogP contribution in [0.5, 0.6) is 0 Å². The third-order valence-corrected chi connectivity index (χ3v) is 8.98. The molecule has 0 spiro atoms. The molecule has 0 bridgehead atoms. The maximum absolute atomic E-state index is 12.8. The van der Waals surface area contributed by atoms with Gasteiger partial charge in [-0.05, 0) is 23.6 Å². The summed E-state index contributed by atoms with van der Waals surface area (Å²) in [7, 11) is -3.69. The molecule has 0 aliphatic carbocycles. The highest BCUT2D eigenvalue weighted by Gasteiger charge is 2.26. The van der Waals surface area contributed by atoms with Crippen molar-refractivity contribution in [1.29, 1.82) is 0 Å². The number of thiophene rings is 1. The van der Waals surface area contributed by atoms with Gasteiger partial charge >= 0.3 is 0 Å². The molecule has 1 aliphatic heterocycles. The average molecular weight is 503 g/mol. The Morgan fingerprint density at radius 1 is 1.07 bits per heavy atom. The second-order valence-corrected chi connectivity index (χ2v) is 10.9. The van der Waals surface area contributed by atoms with Gasteiger partial charge in [0, 0.05) is 31.6 Å². The number of benzene rings is 1. The summed E-state index contributed by atoms with van der Waals surface area (Å²) in [6.07, 6.45) is 0. The van der Waals surface area contributed by atoms with Crippen molar-refractivity contribution < 1.29 is 13.2 Å². The highest BCUT2D eigenvalue weighted by molar-refractivity contribution is 7.94. The van der Waals surface area contributed by atoms with E-state index in [0.717, 1.165) is 28.4 Å². The number of nitrogens with one attached hydrogen (secondary N) is 1. The minimum Gasteiger partial charge on any atom is -0.367 e. The first-order valence-corrected chi connectivity index (χ1v) is 12.8. The topological polar surface area (TPSA) is 82.6 Å². The number of carbonyl (C=O) groups is 1. The third-order valence-electron chi connectivity index (χ3n) is 4.54. The van der Waals surface area contributed by atoms with Crippen molar-refractivity contribution in [2.75, 3.05) is 35.8 Å². The summed E-state index contributed by atoms with van der Waals surface area (Å²) in [4.78, 5) is 20.8. The van der Waals surface area contributed by atoms with Crippen molar-refractivity contribution in [3.8, 4) is 0 Å². The fourth-order valence-electron chi connectivity index (χ4n) is 3.05. The van der Waals surface area contributed by atoms with Crippen LogP contribution in [0, 0.1) is 0 Å². The lowest BCUT2D eigenvalue weighted by Crippen LogP contribution is -2.49. The Labute approximate surface area is 191 Å². The molecule has 0 saturated carbocycles. The number of hydrogen-bond donors (Lipinski definition) is 1.